The van der Waals surface area contributed by atoms with Gasteiger partial charge in [0, 0.05) is 18.8 Å². The summed E-state index contributed by atoms with van der Waals surface area (Å²) in [5, 5.41) is 2.92. The Hall–Kier alpha value is -2.42. The van der Waals surface area contributed by atoms with Gasteiger partial charge in [0.2, 0.25) is 15.9 Å². The van der Waals surface area contributed by atoms with Gasteiger partial charge < -0.3 is 14.8 Å². The van der Waals surface area contributed by atoms with Crippen LogP contribution in [-0.2, 0) is 19.6 Å². The summed E-state index contributed by atoms with van der Waals surface area (Å²) in [5.41, 5.74) is 1.35. The molecule has 2 atom stereocenters. The number of amides is 1. The lowest BCUT2D eigenvalue weighted by Crippen LogP contribution is -2.40. The van der Waals surface area contributed by atoms with E-state index in [1.807, 2.05) is 44.2 Å². The molecular weight excluding hydrogens is 416 g/mol. The Balaban J connectivity index is 1.91. The monoisotopic (exact) mass is 446 g/mol. The molecule has 0 radical (unpaired) electrons. The summed E-state index contributed by atoms with van der Waals surface area (Å²) in [6.07, 6.45) is 0.840. The minimum absolute atomic E-state index is 0.0366. The number of nitrogens with one attached hydrogen (secondary N) is 1. The van der Waals surface area contributed by atoms with Crippen molar-refractivity contribution in [3.05, 3.63) is 54.1 Å². The van der Waals surface area contributed by atoms with Crippen molar-refractivity contribution < 1.29 is 22.7 Å². The number of ether oxygens (including phenoxy) is 2. The van der Waals surface area contributed by atoms with Gasteiger partial charge in [-0.05, 0) is 29.7 Å². The van der Waals surface area contributed by atoms with Crippen molar-refractivity contribution in [2.45, 2.75) is 31.1 Å². The van der Waals surface area contributed by atoms with Gasteiger partial charge in [-0.1, -0.05) is 50.6 Å². The molecule has 0 spiro atoms. The summed E-state index contributed by atoms with van der Waals surface area (Å²) in [6.45, 7) is 5.36. The molecule has 0 aromatic heterocycles. The van der Waals surface area contributed by atoms with Gasteiger partial charge in [-0.15, -0.1) is 0 Å². The minimum atomic E-state index is -3.78. The molecule has 7 nitrogen and oxygen atoms in total. The molecule has 0 bridgehead atoms. The summed E-state index contributed by atoms with van der Waals surface area (Å²) < 4.78 is 38.3. The van der Waals surface area contributed by atoms with Gasteiger partial charge in [-0.3, -0.25) is 4.79 Å². The highest BCUT2D eigenvalue weighted by molar-refractivity contribution is 7.89. The first kappa shape index (κ1) is 23.2. The van der Waals surface area contributed by atoms with Crippen LogP contribution < -0.4 is 10.1 Å². The van der Waals surface area contributed by atoms with Crippen LogP contribution in [0.3, 0.4) is 0 Å². The third-order valence-corrected chi connectivity index (χ3v) is 7.59. The fraction of sp³-hybridized carbons (Fsp3) is 0.435. The summed E-state index contributed by atoms with van der Waals surface area (Å²) >= 11 is 0. The maximum atomic E-state index is 13.2. The second-order valence-electron chi connectivity index (χ2n) is 7.65. The van der Waals surface area contributed by atoms with Crippen LogP contribution in [0.25, 0.3) is 0 Å². The molecule has 1 aliphatic heterocycles. The molecule has 8 heteroatoms. The minimum Gasteiger partial charge on any atom is -0.495 e. The Morgan fingerprint density at radius 1 is 1.16 bits per heavy atom. The van der Waals surface area contributed by atoms with E-state index in [0.717, 1.165) is 12.0 Å². The summed E-state index contributed by atoms with van der Waals surface area (Å²) in [6, 6.07) is 14.3. The Labute approximate surface area is 184 Å². The highest BCUT2D eigenvalue weighted by atomic mass is 32.2. The van der Waals surface area contributed by atoms with Gasteiger partial charge in [0.1, 0.15) is 10.6 Å². The number of sulfonamides is 1. The van der Waals surface area contributed by atoms with Crippen molar-refractivity contribution >= 4 is 21.6 Å². The zero-order valence-corrected chi connectivity index (χ0v) is 19.0. The third kappa shape index (κ3) is 5.26. The molecule has 168 valence electrons. The van der Waals surface area contributed by atoms with Crippen LogP contribution >= 0.6 is 0 Å². The standard InChI is InChI=1S/C23H30N2O5S/c1-4-17(2)22(18-8-6-5-7-9-18)23(26)24-19-10-11-20(29-3)21(16-19)31(27,28)25-12-14-30-15-13-25/h5-11,16-17,22H,4,12-15H2,1-3H3,(H,24,26)/t17-,22+/m0/s1. The van der Waals surface area contributed by atoms with Crippen molar-refractivity contribution in [2.75, 3.05) is 38.7 Å². The second-order valence-corrected chi connectivity index (χ2v) is 9.55. The average molecular weight is 447 g/mol. The van der Waals surface area contributed by atoms with Crippen LogP contribution in [0.4, 0.5) is 5.69 Å². The van der Waals surface area contributed by atoms with Crippen molar-refractivity contribution in [1.29, 1.82) is 0 Å². The molecule has 1 fully saturated rings. The SMILES string of the molecule is CC[C@H](C)[C@@H](C(=O)Nc1ccc(OC)c(S(=O)(=O)N2CCOCC2)c1)c1ccccc1. The molecule has 1 amide bonds. The lowest BCUT2D eigenvalue weighted by Gasteiger charge is -2.27. The number of morpholine rings is 1. The van der Waals surface area contributed by atoms with E-state index in [-0.39, 0.29) is 41.5 Å². The van der Waals surface area contributed by atoms with Crippen LogP contribution in [0, 0.1) is 5.92 Å². The molecule has 0 unspecified atom stereocenters. The summed E-state index contributed by atoms with van der Waals surface area (Å²) in [7, 11) is -2.35. The molecule has 2 aromatic rings. The van der Waals surface area contributed by atoms with Gasteiger partial charge in [-0.25, -0.2) is 8.42 Å². The molecule has 3 rings (SSSR count). The largest absolute Gasteiger partial charge is 0.495 e. The van der Waals surface area contributed by atoms with Crippen molar-refractivity contribution in [3.8, 4) is 5.75 Å². The van der Waals surface area contributed by atoms with E-state index in [1.54, 1.807) is 12.1 Å². The van der Waals surface area contributed by atoms with E-state index in [4.69, 9.17) is 9.47 Å². The van der Waals surface area contributed by atoms with Gasteiger partial charge in [-0.2, -0.15) is 4.31 Å². The normalized spacial score (nSPS) is 17.0. The predicted octanol–water partition coefficient (Wildman–Crippen LogP) is 3.48. The van der Waals surface area contributed by atoms with Crippen molar-refractivity contribution in [1.82, 2.24) is 4.31 Å². The zero-order valence-electron chi connectivity index (χ0n) is 18.2. The van der Waals surface area contributed by atoms with Gasteiger partial charge in [0.15, 0.2) is 0 Å². The van der Waals surface area contributed by atoms with Crippen molar-refractivity contribution in [3.63, 3.8) is 0 Å². The molecule has 1 N–H and O–H groups in total. The highest BCUT2D eigenvalue weighted by Gasteiger charge is 2.30. The van der Waals surface area contributed by atoms with Crippen LogP contribution in [-0.4, -0.2) is 52.0 Å². The molecule has 2 aromatic carbocycles. The number of hydrogen-bond donors (Lipinski definition) is 1. The zero-order chi connectivity index (χ0) is 22.4. The molecular formula is C23H30N2O5S. The molecule has 0 saturated carbocycles. The quantitative estimate of drug-likeness (QED) is 0.671. The Morgan fingerprint density at radius 2 is 1.84 bits per heavy atom. The number of methoxy groups -OCH3 is 1. The fourth-order valence-electron chi connectivity index (χ4n) is 3.74. The van der Waals surface area contributed by atoms with E-state index >= 15 is 0 Å². The molecule has 1 heterocycles. The van der Waals surface area contributed by atoms with E-state index < -0.39 is 10.0 Å². The third-order valence-electron chi connectivity index (χ3n) is 5.67. The van der Waals surface area contributed by atoms with Crippen molar-refractivity contribution in [2.24, 2.45) is 5.92 Å². The number of carbonyl (C=O) groups is 1. The van der Waals surface area contributed by atoms with Crippen LogP contribution in [0.15, 0.2) is 53.4 Å². The van der Waals surface area contributed by atoms with E-state index in [0.29, 0.717) is 18.9 Å². The molecule has 0 aliphatic carbocycles. The predicted molar refractivity (Wildman–Crippen MR) is 120 cm³/mol. The van der Waals surface area contributed by atoms with E-state index in [2.05, 4.69) is 5.32 Å². The lowest BCUT2D eigenvalue weighted by molar-refractivity contribution is -0.118. The maximum Gasteiger partial charge on any atom is 0.246 e. The highest BCUT2D eigenvalue weighted by Crippen LogP contribution is 2.32. The van der Waals surface area contributed by atoms with E-state index in [9.17, 15) is 13.2 Å². The maximum absolute atomic E-state index is 13.2. The first-order chi connectivity index (χ1) is 14.9. The van der Waals surface area contributed by atoms with Gasteiger partial charge in [0.05, 0.1) is 26.2 Å². The average Bonchev–Trinajstić information content (AvgIpc) is 2.80. The smallest absolute Gasteiger partial charge is 0.246 e. The first-order valence-corrected chi connectivity index (χ1v) is 11.9. The number of rotatable bonds is 8. The lowest BCUT2D eigenvalue weighted by atomic mass is 9.85. The Bertz CT molecular complexity index is 988. The van der Waals surface area contributed by atoms with Crippen LogP contribution in [0.5, 0.6) is 5.75 Å². The second kappa shape index (κ2) is 10.3. The fourth-order valence-corrected chi connectivity index (χ4v) is 5.33. The van der Waals surface area contributed by atoms with Crippen LogP contribution in [0.2, 0.25) is 0 Å². The molecule has 1 aliphatic rings. The van der Waals surface area contributed by atoms with Gasteiger partial charge >= 0.3 is 0 Å². The Morgan fingerprint density at radius 3 is 2.45 bits per heavy atom. The molecule has 31 heavy (non-hydrogen) atoms. The number of carbonyl (C=O) groups excluding carboxylic acids is 1. The topological polar surface area (TPSA) is 84.9 Å². The number of nitrogens with zero attached hydrogens (tertiary/aromatic N) is 1. The van der Waals surface area contributed by atoms with Gasteiger partial charge in [0.25, 0.3) is 0 Å². The summed E-state index contributed by atoms with van der Waals surface area (Å²) in [5.74, 6) is -0.142. The first-order valence-electron chi connectivity index (χ1n) is 10.5. The Kier molecular flexibility index (Phi) is 7.69. The van der Waals surface area contributed by atoms with E-state index in [1.165, 1.54) is 17.5 Å². The number of benzene rings is 2. The van der Waals surface area contributed by atoms with Crippen LogP contribution in [0.1, 0.15) is 31.7 Å². The summed E-state index contributed by atoms with van der Waals surface area (Å²) in [4.78, 5) is 13.2. The number of hydrogen-bond acceptors (Lipinski definition) is 5. The molecule has 1 saturated heterocycles. The number of anilines is 1.